The van der Waals surface area contributed by atoms with E-state index in [1.165, 1.54) is 12.4 Å². The van der Waals surface area contributed by atoms with Gasteiger partial charge in [-0.05, 0) is 5.56 Å². The van der Waals surface area contributed by atoms with Crippen molar-refractivity contribution >= 4 is 28.3 Å². The maximum Gasteiger partial charge on any atom is 0.250 e. The van der Waals surface area contributed by atoms with Crippen molar-refractivity contribution in [1.29, 1.82) is 0 Å². The molecule has 0 aliphatic carbocycles. The Labute approximate surface area is 117 Å². The molecule has 0 N–H and O–H groups in total. The van der Waals surface area contributed by atoms with Crippen LogP contribution in [0.15, 0.2) is 46.5 Å². The van der Waals surface area contributed by atoms with Gasteiger partial charge in [0.15, 0.2) is 5.82 Å². The average Bonchev–Trinajstić information content (AvgIpc) is 2.81. The molecule has 1 aromatic heterocycles. The van der Waals surface area contributed by atoms with E-state index in [-0.39, 0.29) is 0 Å². The van der Waals surface area contributed by atoms with Gasteiger partial charge in [0.25, 0.3) is 10.0 Å². The largest absolute Gasteiger partial charge is 0.296 e. The van der Waals surface area contributed by atoms with Gasteiger partial charge in [-0.15, -0.1) is 5.10 Å². The van der Waals surface area contributed by atoms with Crippen molar-refractivity contribution in [3.8, 4) is 0 Å². The molecule has 2 aromatic rings. The summed E-state index contributed by atoms with van der Waals surface area (Å²) < 4.78 is 23.9. The molecular formula is C13H14N4O2S. The summed E-state index contributed by atoms with van der Waals surface area (Å²) in [5.41, 5.74) is 1.45. The molecule has 6 nitrogen and oxygen atoms in total. The van der Waals surface area contributed by atoms with Crippen LogP contribution in [0.4, 0.5) is 5.82 Å². The van der Waals surface area contributed by atoms with E-state index in [1.807, 2.05) is 30.3 Å². The fourth-order valence-electron chi connectivity index (χ4n) is 1.53. The van der Waals surface area contributed by atoms with Crippen molar-refractivity contribution < 1.29 is 8.42 Å². The minimum atomic E-state index is -3.44. The lowest BCUT2D eigenvalue weighted by molar-refractivity contribution is 0.586. The van der Waals surface area contributed by atoms with Gasteiger partial charge < -0.3 is 0 Å². The van der Waals surface area contributed by atoms with E-state index in [2.05, 4.69) is 15.1 Å². The van der Waals surface area contributed by atoms with Crippen LogP contribution in [0, 0.1) is 0 Å². The summed E-state index contributed by atoms with van der Waals surface area (Å²) in [6.07, 6.45) is 5.62. The lowest BCUT2D eigenvalue weighted by atomic mass is 10.2. The monoisotopic (exact) mass is 290 g/mol. The first-order chi connectivity index (χ1) is 9.50. The van der Waals surface area contributed by atoms with Crippen LogP contribution in [0.5, 0.6) is 0 Å². The molecule has 7 heteroatoms. The number of rotatable bonds is 4. The molecule has 0 aliphatic heterocycles. The molecule has 0 saturated heterocycles. The van der Waals surface area contributed by atoms with Gasteiger partial charge >= 0.3 is 0 Å². The molecule has 1 aromatic carbocycles. The zero-order chi connectivity index (χ0) is 14.6. The Bertz CT molecular complexity index is 746. The summed E-state index contributed by atoms with van der Waals surface area (Å²) in [5.74, 6) is 0.310. The van der Waals surface area contributed by atoms with Gasteiger partial charge in [-0.3, -0.25) is 4.99 Å². The van der Waals surface area contributed by atoms with E-state index in [4.69, 9.17) is 0 Å². The zero-order valence-corrected chi connectivity index (χ0v) is 11.9. The molecular weight excluding hydrogens is 276 g/mol. The molecule has 20 heavy (non-hydrogen) atoms. The average molecular weight is 290 g/mol. The molecule has 0 saturated carbocycles. The van der Waals surface area contributed by atoms with Crippen molar-refractivity contribution in [3.63, 3.8) is 0 Å². The molecule has 0 aliphatic rings. The molecule has 0 spiro atoms. The highest BCUT2D eigenvalue weighted by Crippen LogP contribution is 2.15. The summed E-state index contributed by atoms with van der Waals surface area (Å²) in [6, 6.07) is 9.48. The Morgan fingerprint density at radius 1 is 1.20 bits per heavy atom. The van der Waals surface area contributed by atoms with Crippen molar-refractivity contribution in [2.75, 3.05) is 13.3 Å². The highest BCUT2D eigenvalue weighted by Gasteiger charge is 2.12. The second-order valence-corrected chi connectivity index (χ2v) is 5.94. The minimum absolute atomic E-state index is 0.310. The summed E-state index contributed by atoms with van der Waals surface area (Å²) in [4.78, 5) is 8.09. The van der Waals surface area contributed by atoms with E-state index in [1.54, 1.807) is 13.3 Å². The smallest absolute Gasteiger partial charge is 0.250 e. The Hall–Kier alpha value is -2.28. The van der Waals surface area contributed by atoms with Gasteiger partial charge in [0.05, 0.1) is 18.0 Å². The summed E-state index contributed by atoms with van der Waals surface area (Å²) in [5, 5.41) is 3.95. The normalized spacial score (nSPS) is 12.5. The first kappa shape index (κ1) is 14.1. The van der Waals surface area contributed by atoms with E-state index < -0.39 is 10.0 Å². The summed E-state index contributed by atoms with van der Waals surface area (Å²) >= 11 is 0. The van der Waals surface area contributed by atoms with E-state index >= 15 is 0 Å². The van der Waals surface area contributed by atoms with Crippen molar-refractivity contribution in [2.45, 2.75) is 0 Å². The highest BCUT2D eigenvalue weighted by molar-refractivity contribution is 7.89. The van der Waals surface area contributed by atoms with E-state index in [0.29, 0.717) is 11.4 Å². The second-order valence-electron chi connectivity index (χ2n) is 4.10. The number of aromatic nitrogens is 2. The van der Waals surface area contributed by atoms with E-state index in [9.17, 15) is 8.42 Å². The molecule has 0 fully saturated rings. The number of hydrogen-bond donors (Lipinski definition) is 0. The van der Waals surface area contributed by atoms with Gasteiger partial charge in [0, 0.05) is 19.5 Å². The molecule has 0 radical (unpaired) electrons. The molecule has 0 bridgehead atoms. The SMILES string of the molecule is CN=Cc1cn(S(C)(=O)=O)nc1N=Cc1ccccc1. The molecule has 0 atom stereocenters. The fourth-order valence-corrected chi connectivity index (χ4v) is 2.06. The molecule has 0 unspecified atom stereocenters. The zero-order valence-electron chi connectivity index (χ0n) is 11.1. The Morgan fingerprint density at radius 2 is 1.90 bits per heavy atom. The maximum atomic E-state index is 11.5. The van der Waals surface area contributed by atoms with Crippen LogP contribution in [0.1, 0.15) is 11.1 Å². The first-order valence-corrected chi connectivity index (χ1v) is 7.67. The van der Waals surface area contributed by atoms with Gasteiger partial charge in [0.2, 0.25) is 0 Å². The minimum Gasteiger partial charge on any atom is -0.296 e. The molecule has 1 heterocycles. The van der Waals surface area contributed by atoms with Gasteiger partial charge in [-0.1, -0.05) is 30.3 Å². The number of aliphatic imine (C=N–C) groups is 2. The van der Waals surface area contributed by atoms with Crippen molar-refractivity contribution in [1.82, 2.24) is 9.19 Å². The van der Waals surface area contributed by atoms with Crippen LogP contribution in [0.3, 0.4) is 0 Å². The van der Waals surface area contributed by atoms with Gasteiger partial charge in [-0.2, -0.15) is 4.09 Å². The molecule has 2 rings (SSSR count). The Morgan fingerprint density at radius 3 is 2.50 bits per heavy atom. The van der Waals surface area contributed by atoms with Crippen LogP contribution in [-0.2, 0) is 10.0 Å². The van der Waals surface area contributed by atoms with Crippen LogP contribution < -0.4 is 0 Å². The maximum absolute atomic E-state index is 11.5. The Kier molecular flexibility index (Phi) is 4.09. The van der Waals surface area contributed by atoms with Crippen molar-refractivity contribution in [3.05, 3.63) is 47.7 Å². The highest BCUT2D eigenvalue weighted by atomic mass is 32.2. The lowest BCUT2D eigenvalue weighted by Gasteiger charge is -1.93. The Balaban J connectivity index is 2.40. The summed E-state index contributed by atoms with van der Waals surface area (Å²) in [7, 11) is -1.84. The van der Waals surface area contributed by atoms with Crippen LogP contribution in [0.25, 0.3) is 0 Å². The first-order valence-electron chi connectivity index (χ1n) is 5.82. The van der Waals surface area contributed by atoms with Crippen LogP contribution in [0.2, 0.25) is 0 Å². The number of hydrogen-bond acceptors (Lipinski definition) is 5. The number of nitrogens with zero attached hydrogens (tertiary/aromatic N) is 4. The lowest BCUT2D eigenvalue weighted by Crippen LogP contribution is -2.10. The molecule has 0 amide bonds. The topological polar surface area (TPSA) is 76.7 Å². The number of benzene rings is 1. The van der Waals surface area contributed by atoms with Gasteiger partial charge in [0.1, 0.15) is 0 Å². The van der Waals surface area contributed by atoms with Crippen LogP contribution in [-0.4, -0.2) is 43.3 Å². The predicted molar refractivity (Wildman–Crippen MR) is 79.7 cm³/mol. The third kappa shape index (κ3) is 3.39. The predicted octanol–water partition coefficient (Wildman–Crippen LogP) is 1.49. The standard InChI is InChI=1S/C13H14N4O2S/c1-14-9-12-10-17(20(2,18)19)16-13(12)15-8-11-6-4-3-5-7-11/h3-10H,1-2H3. The quantitative estimate of drug-likeness (QED) is 0.800. The third-order valence-corrected chi connectivity index (χ3v) is 3.31. The second kappa shape index (κ2) is 5.79. The van der Waals surface area contributed by atoms with Gasteiger partial charge in [-0.25, -0.2) is 13.4 Å². The summed E-state index contributed by atoms with van der Waals surface area (Å²) in [6.45, 7) is 0. The fraction of sp³-hybridized carbons (Fsp3) is 0.154. The van der Waals surface area contributed by atoms with Crippen molar-refractivity contribution in [2.24, 2.45) is 9.98 Å². The van der Waals surface area contributed by atoms with Crippen LogP contribution >= 0.6 is 0 Å². The van der Waals surface area contributed by atoms with E-state index in [0.717, 1.165) is 15.9 Å². The third-order valence-electron chi connectivity index (χ3n) is 2.44. The molecule has 104 valence electrons.